The molecule has 1 unspecified atom stereocenters. The molecule has 1 heterocycles. The lowest BCUT2D eigenvalue weighted by atomic mass is 9.98. The van der Waals surface area contributed by atoms with Crippen LogP contribution in [0.2, 0.25) is 0 Å². The summed E-state index contributed by atoms with van der Waals surface area (Å²) in [6, 6.07) is 0. The minimum Gasteiger partial charge on any atom is -1.00 e. The van der Waals surface area contributed by atoms with E-state index >= 15 is 0 Å². The van der Waals surface area contributed by atoms with Crippen LogP contribution in [0.5, 0.6) is 0 Å². The summed E-state index contributed by atoms with van der Waals surface area (Å²) in [5.74, 6) is 0. The van der Waals surface area contributed by atoms with Gasteiger partial charge in [0.25, 0.3) is 0 Å². The maximum atomic E-state index is 5.69. The number of hydrogen-bond donors (Lipinski definition) is 1. The number of halogens is 1. The van der Waals surface area contributed by atoms with Gasteiger partial charge in [-0.1, -0.05) is 84.0 Å². The van der Waals surface area contributed by atoms with Gasteiger partial charge >= 0.3 is 0 Å². The Hall–Kier alpha value is 0.400. The fourth-order valence-corrected chi connectivity index (χ4v) is 3.24. The quantitative estimate of drug-likeness (QED) is 0.365. The van der Waals surface area contributed by atoms with E-state index in [9.17, 15) is 0 Å². The van der Waals surface area contributed by atoms with Crippen molar-refractivity contribution in [2.75, 3.05) is 0 Å². The van der Waals surface area contributed by atoms with E-state index in [4.69, 9.17) is 4.74 Å². The van der Waals surface area contributed by atoms with Crippen molar-refractivity contribution in [3.8, 4) is 0 Å². The SMILES string of the molecule is CCCCCCCCCCCCCCCC1([NH3+])OC1(C)C.[Br-]. The average molecular weight is 378 g/mol. The Labute approximate surface area is 149 Å². The lowest BCUT2D eigenvalue weighted by molar-refractivity contribution is -0.473. The van der Waals surface area contributed by atoms with Gasteiger partial charge in [0.2, 0.25) is 5.72 Å². The zero-order valence-electron chi connectivity index (χ0n) is 15.4. The maximum Gasteiger partial charge on any atom is 0.228 e. The number of epoxide rings is 1. The molecule has 22 heavy (non-hydrogen) atoms. The van der Waals surface area contributed by atoms with Crippen LogP contribution in [-0.4, -0.2) is 11.3 Å². The van der Waals surface area contributed by atoms with Crippen LogP contribution in [0.25, 0.3) is 0 Å². The third kappa shape index (κ3) is 8.88. The molecule has 0 amide bonds. The molecule has 1 aliphatic rings. The minimum absolute atomic E-state index is 0. The van der Waals surface area contributed by atoms with E-state index in [1.807, 2.05) is 0 Å². The third-order valence-electron chi connectivity index (χ3n) is 5.19. The first-order chi connectivity index (χ1) is 10.0. The molecule has 3 heteroatoms. The Morgan fingerprint density at radius 3 is 1.32 bits per heavy atom. The molecule has 0 aromatic rings. The van der Waals surface area contributed by atoms with Gasteiger partial charge in [-0.05, 0) is 20.3 Å². The molecule has 0 bridgehead atoms. The summed E-state index contributed by atoms with van der Waals surface area (Å²) in [4.78, 5) is 0. The van der Waals surface area contributed by atoms with Crippen molar-refractivity contribution in [1.82, 2.24) is 0 Å². The summed E-state index contributed by atoms with van der Waals surface area (Å²) in [5.41, 5.74) is 4.17. The smallest absolute Gasteiger partial charge is 0.228 e. The van der Waals surface area contributed by atoms with Gasteiger partial charge in [0.05, 0.1) is 0 Å². The molecular formula is C19H40BrNO. The predicted molar refractivity (Wildman–Crippen MR) is 91.1 cm³/mol. The molecule has 0 spiro atoms. The van der Waals surface area contributed by atoms with Gasteiger partial charge < -0.3 is 27.5 Å². The third-order valence-corrected chi connectivity index (χ3v) is 5.19. The monoisotopic (exact) mass is 377 g/mol. The summed E-state index contributed by atoms with van der Waals surface area (Å²) in [6.45, 7) is 6.60. The zero-order chi connectivity index (χ0) is 15.6. The number of hydrogen-bond acceptors (Lipinski definition) is 1. The molecule has 0 aliphatic carbocycles. The first-order valence-electron chi connectivity index (χ1n) is 9.57. The van der Waals surface area contributed by atoms with Crippen LogP contribution in [0.1, 0.15) is 111 Å². The van der Waals surface area contributed by atoms with Crippen LogP contribution in [0.15, 0.2) is 0 Å². The fourth-order valence-electron chi connectivity index (χ4n) is 3.24. The minimum atomic E-state index is -0.0647. The number of quaternary nitrogens is 1. The van der Waals surface area contributed by atoms with Crippen molar-refractivity contribution in [1.29, 1.82) is 0 Å². The van der Waals surface area contributed by atoms with Gasteiger partial charge in [0.1, 0.15) is 5.60 Å². The fraction of sp³-hybridized carbons (Fsp3) is 1.00. The largest absolute Gasteiger partial charge is 1.00 e. The predicted octanol–water partition coefficient (Wildman–Crippen LogP) is 2.22. The second kappa shape index (κ2) is 11.9. The molecule has 1 fully saturated rings. The highest BCUT2D eigenvalue weighted by Crippen LogP contribution is 2.44. The molecule has 0 saturated carbocycles. The summed E-state index contributed by atoms with van der Waals surface area (Å²) < 4.78 is 5.69. The van der Waals surface area contributed by atoms with E-state index in [0.717, 1.165) is 6.42 Å². The van der Waals surface area contributed by atoms with Crippen LogP contribution in [0, 0.1) is 0 Å². The van der Waals surface area contributed by atoms with Crippen molar-refractivity contribution in [3.05, 3.63) is 0 Å². The molecule has 2 nitrogen and oxygen atoms in total. The topological polar surface area (TPSA) is 40.2 Å². The molecule has 1 saturated heterocycles. The average Bonchev–Trinajstić information content (AvgIpc) is 2.94. The molecule has 1 atom stereocenters. The van der Waals surface area contributed by atoms with Crippen LogP contribution < -0.4 is 22.7 Å². The Morgan fingerprint density at radius 2 is 1.00 bits per heavy atom. The highest BCUT2D eigenvalue weighted by molar-refractivity contribution is 5.00. The van der Waals surface area contributed by atoms with Crippen LogP contribution in [0.3, 0.4) is 0 Å². The van der Waals surface area contributed by atoms with E-state index in [-0.39, 0.29) is 28.3 Å². The highest BCUT2D eigenvalue weighted by Gasteiger charge is 2.65. The maximum absolute atomic E-state index is 5.69. The number of ether oxygens (including phenoxy) is 1. The van der Waals surface area contributed by atoms with Crippen molar-refractivity contribution in [2.24, 2.45) is 0 Å². The second-order valence-corrected chi connectivity index (χ2v) is 7.60. The standard InChI is InChI=1S/C19H39NO.BrH/c1-4-5-6-7-8-9-10-11-12-13-14-15-16-17-19(20)18(2,3)21-19;/h4-17,20H2,1-3H3;1H. The van der Waals surface area contributed by atoms with Crippen LogP contribution >= 0.6 is 0 Å². The van der Waals surface area contributed by atoms with E-state index < -0.39 is 0 Å². The molecule has 1 rings (SSSR count). The van der Waals surface area contributed by atoms with Gasteiger partial charge in [0.15, 0.2) is 0 Å². The van der Waals surface area contributed by atoms with Crippen LogP contribution in [0.4, 0.5) is 0 Å². The van der Waals surface area contributed by atoms with E-state index in [2.05, 4.69) is 26.5 Å². The lowest BCUT2D eigenvalue weighted by Crippen LogP contribution is -3.00. The summed E-state index contributed by atoms with van der Waals surface area (Å²) in [7, 11) is 0. The van der Waals surface area contributed by atoms with E-state index in [1.54, 1.807) is 0 Å². The van der Waals surface area contributed by atoms with Crippen molar-refractivity contribution in [3.63, 3.8) is 0 Å². The summed E-state index contributed by atoms with van der Waals surface area (Å²) >= 11 is 0. The molecule has 0 aromatic heterocycles. The second-order valence-electron chi connectivity index (χ2n) is 7.60. The van der Waals surface area contributed by atoms with E-state index in [0.29, 0.717) is 0 Å². The van der Waals surface area contributed by atoms with Crippen LogP contribution in [-0.2, 0) is 4.74 Å². The Balaban J connectivity index is 0.00000441. The number of unbranched alkanes of at least 4 members (excludes halogenated alkanes) is 12. The van der Waals surface area contributed by atoms with Gasteiger partial charge in [0, 0.05) is 6.42 Å². The zero-order valence-corrected chi connectivity index (χ0v) is 17.0. The first kappa shape index (κ1) is 22.4. The molecule has 0 radical (unpaired) electrons. The Morgan fingerprint density at radius 1 is 0.682 bits per heavy atom. The number of rotatable bonds is 14. The molecule has 0 aromatic carbocycles. The highest BCUT2D eigenvalue weighted by atomic mass is 79.9. The Kier molecular flexibility index (Phi) is 12.1. The van der Waals surface area contributed by atoms with Gasteiger partial charge in [-0.2, -0.15) is 0 Å². The Bertz CT molecular complexity index is 270. The van der Waals surface area contributed by atoms with Crippen molar-refractivity contribution < 1.29 is 27.5 Å². The van der Waals surface area contributed by atoms with Crippen molar-refractivity contribution in [2.45, 2.75) is 122 Å². The van der Waals surface area contributed by atoms with Gasteiger partial charge in [-0.15, -0.1) is 0 Å². The van der Waals surface area contributed by atoms with Gasteiger partial charge in [-0.25, -0.2) is 0 Å². The molecule has 1 aliphatic heterocycles. The summed E-state index contributed by atoms with van der Waals surface area (Å²) in [5, 5.41) is 0. The molecular weight excluding hydrogens is 338 g/mol. The normalized spacial score (nSPS) is 22.4. The van der Waals surface area contributed by atoms with Crippen molar-refractivity contribution >= 4 is 0 Å². The lowest BCUT2D eigenvalue weighted by Gasteiger charge is -2.06. The van der Waals surface area contributed by atoms with Gasteiger partial charge in [-0.3, -0.25) is 0 Å². The summed E-state index contributed by atoms with van der Waals surface area (Å²) in [6.07, 6.45) is 19.5. The molecule has 134 valence electrons. The first-order valence-corrected chi connectivity index (χ1v) is 9.57. The van der Waals surface area contributed by atoms with E-state index in [1.165, 1.54) is 83.5 Å². The molecule has 3 N–H and O–H groups in total.